The second-order valence-corrected chi connectivity index (χ2v) is 7.59. The van der Waals surface area contributed by atoms with Crippen molar-refractivity contribution in [3.05, 3.63) is 49.2 Å². The number of furan rings is 1. The normalized spacial score (nSPS) is 10.6. The fourth-order valence-electron chi connectivity index (χ4n) is 2.19. The molecule has 2 N–H and O–H groups in total. The minimum absolute atomic E-state index is 0.0766. The Morgan fingerprint density at radius 1 is 1.37 bits per heavy atom. The summed E-state index contributed by atoms with van der Waals surface area (Å²) in [6.45, 7) is 3.29. The Kier molecular flexibility index (Phi) is 5.33. The number of nitrogens with one attached hydrogen (secondary N) is 2. The molecule has 0 radical (unpaired) electrons. The molecule has 11 heteroatoms. The molecule has 2 amide bonds. The first kappa shape index (κ1) is 18.7. The van der Waals surface area contributed by atoms with E-state index in [0.29, 0.717) is 27.2 Å². The average Bonchev–Trinajstić information content (AvgIpc) is 3.31. The van der Waals surface area contributed by atoms with E-state index in [-0.39, 0.29) is 23.0 Å². The van der Waals surface area contributed by atoms with Crippen LogP contribution in [0.2, 0.25) is 0 Å². The van der Waals surface area contributed by atoms with Crippen molar-refractivity contribution in [1.82, 2.24) is 10.3 Å². The van der Waals surface area contributed by atoms with Gasteiger partial charge in [-0.15, -0.1) is 22.7 Å². The minimum Gasteiger partial charge on any atom is -0.458 e. The number of carbonyl (C=O) groups is 2. The Morgan fingerprint density at radius 2 is 2.15 bits per heavy atom. The van der Waals surface area contributed by atoms with Crippen molar-refractivity contribution < 1.29 is 18.9 Å². The van der Waals surface area contributed by atoms with Crippen LogP contribution >= 0.6 is 22.7 Å². The van der Waals surface area contributed by atoms with Gasteiger partial charge in [-0.1, -0.05) is 0 Å². The molecule has 3 aromatic heterocycles. The fraction of sp³-hybridized carbons (Fsp3) is 0.188. The SMILES string of the molecule is CC(=O)NCc1ccc(-c2csc(NC(=O)c3cc([N+](=O)[O-])c(C)s3)n2)o1. The summed E-state index contributed by atoms with van der Waals surface area (Å²) in [5, 5.41) is 18.2. The van der Waals surface area contributed by atoms with Crippen molar-refractivity contribution in [1.29, 1.82) is 0 Å². The molecular formula is C16H14N4O5S2. The molecule has 9 nitrogen and oxygen atoms in total. The van der Waals surface area contributed by atoms with Crippen LogP contribution in [0.5, 0.6) is 0 Å². The monoisotopic (exact) mass is 406 g/mol. The van der Waals surface area contributed by atoms with Gasteiger partial charge in [-0.25, -0.2) is 4.98 Å². The number of amides is 2. The summed E-state index contributed by atoms with van der Waals surface area (Å²) >= 11 is 2.26. The molecule has 0 saturated carbocycles. The third-order valence-electron chi connectivity index (χ3n) is 3.46. The van der Waals surface area contributed by atoms with E-state index in [9.17, 15) is 19.7 Å². The molecule has 140 valence electrons. The number of thiophene rings is 1. The van der Waals surface area contributed by atoms with E-state index in [2.05, 4.69) is 15.6 Å². The van der Waals surface area contributed by atoms with E-state index < -0.39 is 10.8 Å². The molecule has 0 atom stereocenters. The standard InChI is InChI=1S/C16H14N4O5S2/c1-8-12(20(23)24)5-14(27-8)15(22)19-16-18-11(7-26-16)13-4-3-10(25-13)6-17-9(2)21/h3-5,7H,6H2,1-2H3,(H,17,21)(H,18,19,22). The van der Waals surface area contributed by atoms with E-state index >= 15 is 0 Å². The quantitative estimate of drug-likeness (QED) is 0.476. The molecule has 3 rings (SSSR count). The van der Waals surface area contributed by atoms with Crippen LogP contribution in [0.3, 0.4) is 0 Å². The van der Waals surface area contributed by atoms with Crippen LogP contribution in [0.1, 0.15) is 27.2 Å². The zero-order valence-corrected chi connectivity index (χ0v) is 15.9. The highest BCUT2D eigenvalue weighted by Gasteiger charge is 2.20. The molecule has 0 bridgehead atoms. The molecule has 27 heavy (non-hydrogen) atoms. The first-order valence-corrected chi connectivity index (χ1v) is 9.38. The molecule has 3 heterocycles. The first-order valence-electron chi connectivity index (χ1n) is 7.68. The number of thiazole rings is 1. The Balaban J connectivity index is 1.69. The highest BCUT2D eigenvalue weighted by Crippen LogP contribution is 2.30. The van der Waals surface area contributed by atoms with Crippen LogP contribution in [0.15, 0.2) is 28.0 Å². The zero-order chi connectivity index (χ0) is 19.6. The summed E-state index contributed by atoms with van der Waals surface area (Å²) in [4.78, 5) is 38.6. The molecular weight excluding hydrogens is 392 g/mol. The summed E-state index contributed by atoms with van der Waals surface area (Å²) in [5.74, 6) is 0.480. The average molecular weight is 406 g/mol. The summed E-state index contributed by atoms with van der Waals surface area (Å²) in [7, 11) is 0. The second-order valence-electron chi connectivity index (χ2n) is 5.48. The zero-order valence-electron chi connectivity index (χ0n) is 14.3. The largest absolute Gasteiger partial charge is 0.458 e. The Hall–Kier alpha value is -3.05. The highest BCUT2D eigenvalue weighted by atomic mass is 32.1. The fourth-order valence-corrected chi connectivity index (χ4v) is 3.77. The third kappa shape index (κ3) is 4.38. The van der Waals surface area contributed by atoms with Crippen LogP contribution in [-0.4, -0.2) is 21.7 Å². The number of anilines is 1. The van der Waals surface area contributed by atoms with Crippen LogP contribution in [0, 0.1) is 17.0 Å². The van der Waals surface area contributed by atoms with Gasteiger partial charge in [0.15, 0.2) is 10.9 Å². The van der Waals surface area contributed by atoms with E-state index in [1.54, 1.807) is 24.4 Å². The van der Waals surface area contributed by atoms with Gasteiger partial charge >= 0.3 is 0 Å². The predicted molar refractivity (Wildman–Crippen MR) is 101 cm³/mol. The topological polar surface area (TPSA) is 127 Å². The number of aromatic nitrogens is 1. The number of hydrogen-bond acceptors (Lipinski definition) is 8. The summed E-state index contributed by atoms with van der Waals surface area (Å²) in [6.07, 6.45) is 0. The van der Waals surface area contributed by atoms with Crippen molar-refractivity contribution in [2.24, 2.45) is 0 Å². The maximum atomic E-state index is 12.3. The minimum atomic E-state index is -0.514. The van der Waals surface area contributed by atoms with Crippen LogP contribution in [0.4, 0.5) is 10.8 Å². The second kappa shape index (κ2) is 7.68. The lowest BCUT2D eigenvalue weighted by atomic mass is 10.3. The number of carbonyl (C=O) groups excluding carboxylic acids is 2. The van der Waals surface area contributed by atoms with Crippen molar-refractivity contribution in [2.75, 3.05) is 5.32 Å². The lowest BCUT2D eigenvalue weighted by Gasteiger charge is -1.98. The van der Waals surface area contributed by atoms with Crippen LogP contribution in [-0.2, 0) is 11.3 Å². The number of nitro groups is 1. The van der Waals surface area contributed by atoms with E-state index in [1.165, 1.54) is 24.3 Å². The number of hydrogen-bond donors (Lipinski definition) is 2. The van der Waals surface area contributed by atoms with Gasteiger partial charge in [0.2, 0.25) is 5.91 Å². The van der Waals surface area contributed by atoms with Crippen molar-refractivity contribution >= 4 is 45.3 Å². The van der Waals surface area contributed by atoms with Gasteiger partial charge in [0.25, 0.3) is 11.6 Å². The van der Waals surface area contributed by atoms with Gasteiger partial charge in [-0.2, -0.15) is 0 Å². The van der Waals surface area contributed by atoms with Gasteiger partial charge in [-0.3, -0.25) is 25.0 Å². The molecule has 0 aliphatic rings. The predicted octanol–water partition coefficient (Wildman–Crippen LogP) is 3.57. The number of nitrogens with zero attached hydrogens (tertiary/aromatic N) is 2. The van der Waals surface area contributed by atoms with E-state index in [0.717, 1.165) is 11.3 Å². The first-order chi connectivity index (χ1) is 12.8. The van der Waals surface area contributed by atoms with Gasteiger partial charge in [0, 0.05) is 18.4 Å². The summed E-state index contributed by atoms with van der Waals surface area (Å²) in [6, 6.07) is 4.71. The molecule has 3 aromatic rings. The molecule has 0 aliphatic carbocycles. The third-order valence-corrected chi connectivity index (χ3v) is 5.26. The lowest BCUT2D eigenvalue weighted by molar-refractivity contribution is -0.385. The van der Waals surface area contributed by atoms with Crippen molar-refractivity contribution in [2.45, 2.75) is 20.4 Å². The van der Waals surface area contributed by atoms with E-state index in [1.807, 2.05) is 0 Å². The Morgan fingerprint density at radius 3 is 2.81 bits per heavy atom. The highest BCUT2D eigenvalue weighted by molar-refractivity contribution is 7.15. The van der Waals surface area contributed by atoms with Crippen molar-refractivity contribution in [3.63, 3.8) is 0 Å². The smallest absolute Gasteiger partial charge is 0.283 e. The number of aryl methyl sites for hydroxylation is 1. The number of rotatable bonds is 6. The Labute approximate surface area is 161 Å². The maximum absolute atomic E-state index is 12.3. The molecule has 0 fully saturated rings. The maximum Gasteiger partial charge on any atom is 0.283 e. The van der Waals surface area contributed by atoms with Crippen LogP contribution < -0.4 is 10.6 Å². The van der Waals surface area contributed by atoms with Gasteiger partial charge in [-0.05, 0) is 19.1 Å². The van der Waals surface area contributed by atoms with Crippen LogP contribution in [0.25, 0.3) is 11.5 Å². The van der Waals surface area contributed by atoms with Crippen molar-refractivity contribution in [3.8, 4) is 11.5 Å². The van der Waals surface area contributed by atoms with Gasteiger partial charge in [0.1, 0.15) is 11.5 Å². The molecule has 0 saturated heterocycles. The summed E-state index contributed by atoms with van der Waals surface area (Å²) < 4.78 is 5.61. The Bertz CT molecular complexity index is 1020. The molecule has 0 aromatic carbocycles. The lowest BCUT2D eigenvalue weighted by Crippen LogP contribution is -2.18. The molecule has 0 unspecified atom stereocenters. The molecule has 0 aliphatic heterocycles. The van der Waals surface area contributed by atoms with Gasteiger partial charge < -0.3 is 9.73 Å². The van der Waals surface area contributed by atoms with E-state index in [4.69, 9.17) is 4.42 Å². The summed E-state index contributed by atoms with van der Waals surface area (Å²) in [5.41, 5.74) is 0.463. The molecule has 0 spiro atoms. The van der Waals surface area contributed by atoms with Gasteiger partial charge in [0.05, 0.1) is 21.2 Å².